The van der Waals surface area contributed by atoms with E-state index in [9.17, 15) is 0 Å². The van der Waals surface area contributed by atoms with Crippen LogP contribution >= 0.6 is 11.8 Å². The lowest BCUT2D eigenvalue weighted by Crippen LogP contribution is -2.44. The molecular weight excluding hydrogens is 240 g/mol. The third-order valence-corrected chi connectivity index (χ3v) is 5.23. The molecule has 0 spiro atoms. The van der Waals surface area contributed by atoms with E-state index in [1.165, 1.54) is 76.8 Å². The minimum Gasteiger partial charge on any atom is -0.315 e. The summed E-state index contributed by atoms with van der Waals surface area (Å²) < 4.78 is 0. The molecule has 18 heavy (non-hydrogen) atoms. The predicted octanol–water partition coefficient (Wildman–Crippen LogP) is 3.13. The molecule has 0 aliphatic heterocycles. The zero-order valence-electron chi connectivity index (χ0n) is 12.0. The van der Waals surface area contributed by atoms with Crippen molar-refractivity contribution in [3.8, 4) is 0 Å². The molecule has 3 heteroatoms. The SMILES string of the molecule is CSCCNCCN(C1CCCC1)C1CCCC1. The minimum absolute atomic E-state index is 0.912. The van der Waals surface area contributed by atoms with Crippen LogP contribution in [0.5, 0.6) is 0 Å². The van der Waals surface area contributed by atoms with Crippen molar-refractivity contribution in [1.82, 2.24) is 10.2 Å². The Balaban J connectivity index is 1.73. The van der Waals surface area contributed by atoms with Crippen LogP contribution in [0.4, 0.5) is 0 Å². The van der Waals surface area contributed by atoms with Crippen LogP contribution in [-0.4, -0.2) is 48.6 Å². The van der Waals surface area contributed by atoms with E-state index in [4.69, 9.17) is 0 Å². The maximum absolute atomic E-state index is 3.60. The van der Waals surface area contributed by atoms with E-state index in [1.54, 1.807) is 0 Å². The minimum atomic E-state index is 0.912. The Morgan fingerprint density at radius 1 is 0.944 bits per heavy atom. The van der Waals surface area contributed by atoms with Crippen LogP contribution in [-0.2, 0) is 0 Å². The van der Waals surface area contributed by atoms with E-state index in [1.807, 2.05) is 11.8 Å². The molecule has 2 fully saturated rings. The van der Waals surface area contributed by atoms with E-state index in [-0.39, 0.29) is 0 Å². The number of nitrogens with one attached hydrogen (secondary N) is 1. The summed E-state index contributed by atoms with van der Waals surface area (Å²) in [6.07, 6.45) is 13.9. The van der Waals surface area contributed by atoms with Crippen LogP contribution in [0.25, 0.3) is 0 Å². The van der Waals surface area contributed by atoms with Gasteiger partial charge < -0.3 is 5.32 Å². The first-order valence-corrected chi connectivity index (χ1v) is 9.26. The molecule has 2 aliphatic carbocycles. The van der Waals surface area contributed by atoms with Crippen LogP contribution in [0, 0.1) is 0 Å². The van der Waals surface area contributed by atoms with Crippen LogP contribution in [0.2, 0.25) is 0 Å². The lowest BCUT2D eigenvalue weighted by Gasteiger charge is -2.34. The van der Waals surface area contributed by atoms with Crippen molar-refractivity contribution in [3.05, 3.63) is 0 Å². The highest BCUT2D eigenvalue weighted by atomic mass is 32.2. The second-order valence-electron chi connectivity index (χ2n) is 5.86. The summed E-state index contributed by atoms with van der Waals surface area (Å²) in [5.41, 5.74) is 0. The molecule has 0 bridgehead atoms. The third kappa shape index (κ3) is 4.43. The standard InChI is InChI=1S/C15H30N2S/c1-18-13-11-16-10-12-17(14-6-2-3-7-14)15-8-4-5-9-15/h14-16H,2-13H2,1H3. The summed E-state index contributed by atoms with van der Waals surface area (Å²) in [4.78, 5) is 2.87. The Hall–Kier alpha value is 0.270. The highest BCUT2D eigenvalue weighted by Gasteiger charge is 2.29. The van der Waals surface area contributed by atoms with E-state index in [0.29, 0.717) is 0 Å². The summed E-state index contributed by atoms with van der Waals surface area (Å²) in [5.74, 6) is 1.24. The molecule has 0 atom stereocenters. The van der Waals surface area contributed by atoms with Gasteiger partial charge in [-0.05, 0) is 31.9 Å². The van der Waals surface area contributed by atoms with Crippen molar-refractivity contribution >= 4 is 11.8 Å². The Labute approximate surface area is 117 Å². The molecule has 0 heterocycles. The van der Waals surface area contributed by atoms with Gasteiger partial charge in [0.25, 0.3) is 0 Å². The Kier molecular flexibility index (Phi) is 6.88. The molecule has 2 rings (SSSR count). The highest BCUT2D eigenvalue weighted by Crippen LogP contribution is 2.31. The first-order chi connectivity index (χ1) is 8.92. The van der Waals surface area contributed by atoms with Crippen LogP contribution in [0.15, 0.2) is 0 Å². The number of hydrogen-bond acceptors (Lipinski definition) is 3. The first kappa shape index (κ1) is 14.7. The predicted molar refractivity (Wildman–Crippen MR) is 82.5 cm³/mol. The largest absolute Gasteiger partial charge is 0.315 e. The van der Waals surface area contributed by atoms with Crippen molar-refractivity contribution in [3.63, 3.8) is 0 Å². The van der Waals surface area contributed by atoms with Crippen molar-refractivity contribution in [1.29, 1.82) is 0 Å². The molecule has 0 amide bonds. The van der Waals surface area contributed by atoms with Crippen LogP contribution in [0.1, 0.15) is 51.4 Å². The van der Waals surface area contributed by atoms with Gasteiger partial charge in [-0.25, -0.2) is 0 Å². The van der Waals surface area contributed by atoms with Crippen molar-refractivity contribution in [2.45, 2.75) is 63.5 Å². The molecule has 2 nitrogen and oxygen atoms in total. The van der Waals surface area contributed by atoms with Gasteiger partial charge in [-0.15, -0.1) is 0 Å². The molecular formula is C15H30N2S. The third-order valence-electron chi connectivity index (χ3n) is 4.62. The number of hydrogen-bond donors (Lipinski definition) is 1. The monoisotopic (exact) mass is 270 g/mol. The van der Waals surface area contributed by atoms with E-state index < -0.39 is 0 Å². The molecule has 0 saturated heterocycles. The highest BCUT2D eigenvalue weighted by molar-refractivity contribution is 7.98. The van der Waals surface area contributed by atoms with E-state index >= 15 is 0 Å². The summed E-state index contributed by atoms with van der Waals surface area (Å²) >= 11 is 1.93. The summed E-state index contributed by atoms with van der Waals surface area (Å²) in [5, 5.41) is 3.60. The summed E-state index contributed by atoms with van der Waals surface area (Å²) in [7, 11) is 0. The maximum atomic E-state index is 3.60. The normalized spacial score (nSPS) is 22.3. The van der Waals surface area contributed by atoms with Gasteiger partial charge in [-0.2, -0.15) is 11.8 Å². The molecule has 0 aromatic carbocycles. The van der Waals surface area contributed by atoms with Gasteiger partial charge in [0, 0.05) is 37.5 Å². The smallest absolute Gasteiger partial charge is 0.0113 e. The van der Waals surface area contributed by atoms with Crippen LogP contribution < -0.4 is 5.32 Å². The van der Waals surface area contributed by atoms with Gasteiger partial charge in [0.1, 0.15) is 0 Å². The second kappa shape index (κ2) is 8.44. The molecule has 0 aromatic rings. The fourth-order valence-corrected chi connectivity index (χ4v) is 3.99. The summed E-state index contributed by atoms with van der Waals surface area (Å²) in [6.45, 7) is 3.64. The van der Waals surface area contributed by atoms with Gasteiger partial charge in [0.2, 0.25) is 0 Å². The van der Waals surface area contributed by atoms with Gasteiger partial charge in [0.05, 0.1) is 0 Å². The fourth-order valence-electron chi connectivity index (χ4n) is 3.64. The lowest BCUT2D eigenvalue weighted by molar-refractivity contribution is 0.138. The quantitative estimate of drug-likeness (QED) is 0.682. The van der Waals surface area contributed by atoms with E-state index in [2.05, 4.69) is 16.5 Å². The van der Waals surface area contributed by atoms with E-state index in [0.717, 1.165) is 12.1 Å². The van der Waals surface area contributed by atoms with Crippen molar-refractivity contribution in [2.24, 2.45) is 0 Å². The Bertz CT molecular complexity index is 195. The Morgan fingerprint density at radius 3 is 2.00 bits per heavy atom. The van der Waals surface area contributed by atoms with Gasteiger partial charge in [-0.1, -0.05) is 25.7 Å². The molecule has 106 valence electrons. The van der Waals surface area contributed by atoms with Gasteiger partial charge >= 0.3 is 0 Å². The average molecular weight is 270 g/mol. The zero-order valence-corrected chi connectivity index (χ0v) is 12.8. The molecule has 1 N–H and O–H groups in total. The zero-order chi connectivity index (χ0) is 12.6. The fraction of sp³-hybridized carbons (Fsp3) is 1.00. The lowest BCUT2D eigenvalue weighted by atomic mass is 10.1. The molecule has 0 unspecified atom stereocenters. The topological polar surface area (TPSA) is 15.3 Å². The van der Waals surface area contributed by atoms with Crippen molar-refractivity contribution < 1.29 is 0 Å². The average Bonchev–Trinajstić information content (AvgIpc) is 3.06. The molecule has 0 radical (unpaired) electrons. The molecule has 0 aromatic heterocycles. The summed E-state index contributed by atoms with van der Waals surface area (Å²) in [6, 6.07) is 1.82. The van der Waals surface area contributed by atoms with Gasteiger partial charge in [0.15, 0.2) is 0 Å². The number of thioether (sulfide) groups is 1. The number of nitrogens with zero attached hydrogens (tertiary/aromatic N) is 1. The molecule has 2 saturated carbocycles. The number of rotatable bonds is 8. The first-order valence-electron chi connectivity index (χ1n) is 7.87. The van der Waals surface area contributed by atoms with Gasteiger partial charge in [-0.3, -0.25) is 4.90 Å². The molecule has 2 aliphatic rings. The maximum Gasteiger partial charge on any atom is 0.0113 e. The second-order valence-corrected chi connectivity index (χ2v) is 6.84. The van der Waals surface area contributed by atoms with Crippen molar-refractivity contribution in [2.75, 3.05) is 31.6 Å². The van der Waals surface area contributed by atoms with Crippen LogP contribution in [0.3, 0.4) is 0 Å². The Morgan fingerprint density at radius 2 is 1.50 bits per heavy atom.